The molecule has 0 aliphatic carbocycles. The molecule has 1 fully saturated rings. The van der Waals surface area contributed by atoms with Crippen LogP contribution in [0.25, 0.3) is 0 Å². The summed E-state index contributed by atoms with van der Waals surface area (Å²) in [6.07, 6.45) is 0. The van der Waals surface area contributed by atoms with Crippen molar-refractivity contribution in [2.24, 2.45) is 0 Å². The van der Waals surface area contributed by atoms with Crippen LogP contribution in [-0.4, -0.2) is 48.9 Å². The van der Waals surface area contributed by atoms with E-state index < -0.39 is 0 Å². The number of anilines is 1. The second-order valence-corrected chi connectivity index (χ2v) is 7.57. The van der Waals surface area contributed by atoms with Crippen molar-refractivity contribution in [3.05, 3.63) is 64.7 Å². The molecule has 6 nitrogen and oxygen atoms in total. The number of hydrogen-bond donors (Lipinski definition) is 2. The minimum atomic E-state index is -0.324. The minimum absolute atomic E-state index is 0.324. The van der Waals surface area contributed by atoms with Crippen LogP contribution in [0, 0.1) is 6.92 Å². The number of esters is 1. The first-order valence-corrected chi connectivity index (χ1v) is 10.7. The molecule has 0 aromatic heterocycles. The smallest absolute Gasteiger partial charge is 0.338 e. The zero-order valence-corrected chi connectivity index (χ0v) is 18.4. The normalized spacial score (nSPS) is 14.2. The van der Waals surface area contributed by atoms with Gasteiger partial charge in [-0.2, -0.15) is 0 Å². The monoisotopic (exact) mass is 427 g/mol. The van der Waals surface area contributed by atoms with Gasteiger partial charge in [0.05, 0.1) is 25.4 Å². The molecule has 7 heteroatoms. The quantitative estimate of drug-likeness (QED) is 0.518. The van der Waals surface area contributed by atoms with E-state index in [4.69, 9.17) is 21.7 Å². The van der Waals surface area contributed by atoms with Crippen molar-refractivity contribution in [3.8, 4) is 0 Å². The standard InChI is InChI=1S/C23H29N3O3S/c1-3-29-22(27)20-9-6-10-21(17(20)2)25-23(30)24-15-18-7-4-5-8-19(18)16-26-11-13-28-14-12-26/h4-10H,3,11-16H2,1-2H3,(H2,24,25,30). The highest BCUT2D eigenvalue weighted by atomic mass is 32.1. The molecule has 0 radical (unpaired) electrons. The predicted octanol–water partition coefficient (Wildman–Crippen LogP) is 3.49. The number of thiocarbonyl (C=S) groups is 1. The van der Waals surface area contributed by atoms with Crippen LogP contribution >= 0.6 is 12.2 Å². The molecule has 0 amide bonds. The molecule has 0 saturated carbocycles. The molecule has 2 aromatic carbocycles. The van der Waals surface area contributed by atoms with Crippen molar-refractivity contribution >= 4 is 29.0 Å². The summed E-state index contributed by atoms with van der Waals surface area (Å²) in [5.41, 5.74) is 4.65. The molecule has 1 heterocycles. The number of nitrogens with zero attached hydrogens (tertiary/aromatic N) is 1. The number of morpholine rings is 1. The van der Waals surface area contributed by atoms with Gasteiger partial charge in [-0.25, -0.2) is 4.79 Å². The van der Waals surface area contributed by atoms with Gasteiger partial charge in [0, 0.05) is 31.9 Å². The largest absolute Gasteiger partial charge is 0.462 e. The van der Waals surface area contributed by atoms with Gasteiger partial charge >= 0.3 is 5.97 Å². The molecular weight excluding hydrogens is 398 g/mol. The highest BCUT2D eigenvalue weighted by molar-refractivity contribution is 7.80. The first-order chi connectivity index (χ1) is 14.6. The van der Waals surface area contributed by atoms with E-state index in [1.807, 2.05) is 25.1 Å². The Hall–Kier alpha value is -2.48. The molecule has 0 atom stereocenters. The van der Waals surface area contributed by atoms with E-state index in [9.17, 15) is 4.79 Å². The van der Waals surface area contributed by atoms with Crippen molar-refractivity contribution < 1.29 is 14.3 Å². The van der Waals surface area contributed by atoms with Crippen molar-refractivity contribution in [2.75, 3.05) is 38.2 Å². The van der Waals surface area contributed by atoms with Gasteiger partial charge in [-0.05, 0) is 54.9 Å². The lowest BCUT2D eigenvalue weighted by atomic mass is 10.1. The summed E-state index contributed by atoms with van der Waals surface area (Å²) < 4.78 is 10.6. The van der Waals surface area contributed by atoms with E-state index in [1.54, 1.807) is 13.0 Å². The molecule has 160 valence electrons. The maximum atomic E-state index is 12.1. The number of ether oxygens (including phenoxy) is 2. The van der Waals surface area contributed by atoms with Crippen LogP contribution in [0.4, 0.5) is 5.69 Å². The van der Waals surface area contributed by atoms with Crippen LogP contribution in [0.1, 0.15) is 34.0 Å². The zero-order valence-electron chi connectivity index (χ0n) is 17.6. The Morgan fingerprint density at radius 1 is 1.13 bits per heavy atom. The molecule has 0 bridgehead atoms. The van der Waals surface area contributed by atoms with Gasteiger partial charge in [-0.15, -0.1) is 0 Å². The second kappa shape index (κ2) is 11.1. The van der Waals surface area contributed by atoms with Crippen LogP contribution in [-0.2, 0) is 22.6 Å². The molecule has 1 saturated heterocycles. The molecule has 2 aromatic rings. The molecule has 0 spiro atoms. The third kappa shape index (κ3) is 6.01. The average Bonchev–Trinajstić information content (AvgIpc) is 2.75. The summed E-state index contributed by atoms with van der Waals surface area (Å²) >= 11 is 5.49. The van der Waals surface area contributed by atoms with Crippen LogP contribution in [0.15, 0.2) is 42.5 Å². The fraction of sp³-hybridized carbons (Fsp3) is 0.391. The summed E-state index contributed by atoms with van der Waals surface area (Å²) in [4.78, 5) is 14.5. The maximum absolute atomic E-state index is 12.1. The fourth-order valence-electron chi connectivity index (χ4n) is 3.43. The Kier molecular flexibility index (Phi) is 8.19. The SMILES string of the molecule is CCOC(=O)c1cccc(NC(=S)NCc2ccccc2CN2CCOCC2)c1C. The van der Waals surface area contributed by atoms with Gasteiger partial charge in [-0.1, -0.05) is 30.3 Å². The molecule has 3 rings (SSSR count). The lowest BCUT2D eigenvalue weighted by Crippen LogP contribution is -2.36. The topological polar surface area (TPSA) is 62.8 Å². The van der Waals surface area contributed by atoms with Crippen molar-refractivity contribution in [3.63, 3.8) is 0 Å². The highest BCUT2D eigenvalue weighted by Gasteiger charge is 2.14. The van der Waals surface area contributed by atoms with E-state index in [0.29, 0.717) is 23.8 Å². The predicted molar refractivity (Wildman–Crippen MR) is 123 cm³/mol. The molecule has 1 aliphatic heterocycles. The summed E-state index contributed by atoms with van der Waals surface area (Å²) in [5, 5.41) is 7.01. The Morgan fingerprint density at radius 2 is 1.87 bits per heavy atom. The second-order valence-electron chi connectivity index (χ2n) is 7.16. The van der Waals surface area contributed by atoms with Gasteiger partial charge in [0.1, 0.15) is 0 Å². The lowest BCUT2D eigenvalue weighted by Gasteiger charge is -2.27. The number of rotatable bonds is 7. The Morgan fingerprint density at radius 3 is 2.60 bits per heavy atom. The summed E-state index contributed by atoms with van der Waals surface area (Å²) in [6.45, 7) is 9.05. The van der Waals surface area contributed by atoms with E-state index >= 15 is 0 Å². The van der Waals surface area contributed by atoms with Gasteiger partial charge in [0.2, 0.25) is 0 Å². The van der Waals surface area contributed by atoms with Crippen molar-refractivity contribution in [1.82, 2.24) is 10.2 Å². The number of carbonyl (C=O) groups excluding carboxylic acids is 1. The molecule has 0 unspecified atom stereocenters. The number of carbonyl (C=O) groups is 1. The first-order valence-electron chi connectivity index (χ1n) is 10.3. The van der Waals surface area contributed by atoms with Gasteiger partial charge in [0.15, 0.2) is 5.11 Å². The van der Waals surface area contributed by atoms with Crippen LogP contribution in [0.2, 0.25) is 0 Å². The minimum Gasteiger partial charge on any atom is -0.462 e. The van der Waals surface area contributed by atoms with Crippen molar-refractivity contribution in [1.29, 1.82) is 0 Å². The van der Waals surface area contributed by atoms with E-state index in [1.165, 1.54) is 11.1 Å². The van der Waals surface area contributed by atoms with Gasteiger partial charge < -0.3 is 20.1 Å². The van der Waals surface area contributed by atoms with Crippen LogP contribution < -0.4 is 10.6 Å². The van der Waals surface area contributed by atoms with Crippen molar-refractivity contribution in [2.45, 2.75) is 26.9 Å². The van der Waals surface area contributed by atoms with Crippen LogP contribution in [0.3, 0.4) is 0 Å². The summed E-state index contributed by atoms with van der Waals surface area (Å²) in [6, 6.07) is 13.9. The van der Waals surface area contributed by atoms with Gasteiger partial charge in [-0.3, -0.25) is 4.90 Å². The summed E-state index contributed by atoms with van der Waals surface area (Å²) in [5.74, 6) is -0.324. The highest BCUT2D eigenvalue weighted by Crippen LogP contribution is 2.20. The van der Waals surface area contributed by atoms with E-state index in [-0.39, 0.29) is 5.97 Å². The third-order valence-corrected chi connectivity index (χ3v) is 5.38. The van der Waals surface area contributed by atoms with Crippen LogP contribution in [0.5, 0.6) is 0 Å². The Bertz CT molecular complexity index is 882. The number of nitrogens with one attached hydrogen (secondary N) is 2. The molecule has 2 N–H and O–H groups in total. The third-order valence-electron chi connectivity index (χ3n) is 5.13. The Balaban J connectivity index is 1.60. The molecule has 1 aliphatic rings. The lowest BCUT2D eigenvalue weighted by molar-refractivity contribution is 0.0341. The molecular formula is C23H29N3O3S. The maximum Gasteiger partial charge on any atom is 0.338 e. The number of benzene rings is 2. The average molecular weight is 428 g/mol. The Labute approximate surface area is 183 Å². The fourth-order valence-corrected chi connectivity index (χ4v) is 3.61. The first kappa shape index (κ1) is 22.2. The van der Waals surface area contributed by atoms with E-state index in [0.717, 1.165) is 44.1 Å². The summed E-state index contributed by atoms with van der Waals surface area (Å²) in [7, 11) is 0. The van der Waals surface area contributed by atoms with E-state index in [2.05, 4.69) is 33.7 Å². The number of hydrogen-bond acceptors (Lipinski definition) is 5. The zero-order chi connectivity index (χ0) is 21.3. The van der Waals surface area contributed by atoms with Gasteiger partial charge in [0.25, 0.3) is 0 Å². The molecule has 30 heavy (non-hydrogen) atoms.